The zero-order chi connectivity index (χ0) is 9.14. The third kappa shape index (κ3) is 1.51. The Kier molecular flexibility index (Phi) is 2.88. The van der Waals surface area contributed by atoms with Gasteiger partial charge in [-0.1, -0.05) is 12.7 Å². The van der Waals surface area contributed by atoms with Crippen LogP contribution in [0, 0.1) is 13.8 Å². The van der Waals surface area contributed by atoms with Crippen molar-refractivity contribution in [1.29, 1.82) is 0 Å². The number of hydrogen-bond donors (Lipinski definition) is 0. The van der Waals surface area contributed by atoms with Crippen LogP contribution in [0.4, 0.5) is 0 Å². The molecule has 0 aromatic carbocycles. The molecule has 0 aliphatic carbocycles. The van der Waals surface area contributed by atoms with Gasteiger partial charge >= 0.3 is 0 Å². The first-order valence-corrected chi connectivity index (χ1v) is 4.37. The molecule has 12 heavy (non-hydrogen) atoms. The largest absolute Gasteiger partial charge is 0.259 e. The number of rotatable bonds is 2. The number of pyridine rings is 1. The molecule has 0 aliphatic heterocycles. The van der Waals surface area contributed by atoms with E-state index in [1.807, 2.05) is 26.1 Å². The first-order valence-electron chi connectivity index (χ1n) is 3.84. The van der Waals surface area contributed by atoms with Crippen molar-refractivity contribution in [2.75, 3.05) is 0 Å². The monoisotopic (exact) mass is 181 g/mol. The molecule has 1 nitrogen and oxygen atoms in total. The van der Waals surface area contributed by atoms with Gasteiger partial charge in [-0.25, -0.2) is 0 Å². The smallest absolute Gasteiger partial charge is 0.0650 e. The predicted molar refractivity (Wildman–Crippen MR) is 53.4 cm³/mol. The highest BCUT2D eigenvalue weighted by atomic mass is 35.5. The lowest BCUT2D eigenvalue weighted by Gasteiger charge is -2.07. The van der Waals surface area contributed by atoms with Gasteiger partial charge in [0.25, 0.3) is 0 Å². The fourth-order valence-electron chi connectivity index (χ4n) is 1.24. The van der Waals surface area contributed by atoms with Gasteiger partial charge in [-0.3, -0.25) is 4.98 Å². The Morgan fingerprint density at radius 1 is 1.58 bits per heavy atom. The van der Waals surface area contributed by atoms with Gasteiger partial charge in [0.15, 0.2) is 0 Å². The summed E-state index contributed by atoms with van der Waals surface area (Å²) in [5.74, 6) is 0.465. The second kappa shape index (κ2) is 3.72. The van der Waals surface area contributed by atoms with Crippen molar-refractivity contribution in [2.45, 2.75) is 19.7 Å². The van der Waals surface area contributed by atoms with Crippen molar-refractivity contribution in [3.05, 3.63) is 35.2 Å². The van der Waals surface area contributed by atoms with E-state index >= 15 is 0 Å². The topological polar surface area (TPSA) is 12.9 Å². The van der Waals surface area contributed by atoms with Crippen LogP contribution in [0.5, 0.6) is 0 Å². The Balaban J connectivity index is 3.33. The molecule has 0 aliphatic rings. The van der Waals surface area contributed by atoms with Crippen molar-refractivity contribution < 1.29 is 0 Å². The summed E-state index contributed by atoms with van der Waals surface area (Å²) in [6, 6.07) is 0. The van der Waals surface area contributed by atoms with E-state index in [1.165, 1.54) is 0 Å². The van der Waals surface area contributed by atoms with Crippen LogP contribution in [0.15, 0.2) is 12.8 Å². The number of nitrogens with zero attached hydrogens (tertiary/aromatic N) is 1. The fraction of sp³-hybridized carbons (Fsp3) is 0.300. The standard InChI is InChI=1S/C10H12ClN/c1-4-9-7(2)6-12-10(5-11)8(9)3/h4,6H,1,5H2,2-3H3. The predicted octanol–water partition coefficient (Wildman–Crippen LogP) is 3.08. The lowest BCUT2D eigenvalue weighted by molar-refractivity contribution is 1.09. The van der Waals surface area contributed by atoms with Crippen LogP contribution in [0.3, 0.4) is 0 Å². The van der Waals surface area contributed by atoms with Crippen molar-refractivity contribution in [2.24, 2.45) is 0 Å². The molecule has 0 spiro atoms. The molecule has 1 heterocycles. The quantitative estimate of drug-likeness (QED) is 0.639. The van der Waals surface area contributed by atoms with Gasteiger partial charge in [-0.15, -0.1) is 11.6 Å². The molecule has 0 unspecified atom stereocenters. The lowest BCUT2D eigenvalue weighted by atomic mass is 10.0. The average Bonchev–Trinajstić information content (AvgIpc) is 2.06. The van der Waals surface area contributed by atoms with Gasteiger partial charge in [0.2, 0.25) is 0 Å². The van der Waals surface area contributed by atoms with Crippen molar-refractivity contribution in [3.63, 3.8) is 0 Å². The van der Waals surface area contributed by atoms with Gasteiger partial charge < -0.3 is 0 Å². The normalized spacial score (nSPS) is 9.92. The minimum Gasteiger partial charge on any atom is -0.259 e. The van der Waals surface area contributed by atoms with Gasteiger partial charge in [0.1, 0.15) is 0 Å². The second-order valence-electron chi connectivity index (χ2n) is 2.76. The van der Waals surface area contributed by atoms with Gasteiger partial charge in [0.05, 0.1) is 11.6 Å². The van der Waals surface area contributed by atoms with E-state index in [9.17, 15) is 0 Å². The van der Waals surface area contributed by atoms with E-state index in [-0.39, 0.29) is 0 Å². The van der Waals surface area contributed by atoms with E-state index in [0.29, 0.717) is 5.88 Å². The molecule has 2 heteroatoms. The minimum atomic E-state index is 0.465. The van der Waals surface area contributed by atoms with Crippen LogP contribution in [0.25, 0.3) is 6.08 Å². The van der Waals surface area contributed by atoms with Crippen LogP contribution < -0.4 is 0 Å². The number of halogens is 1. The Morgan fingerprint density at radius 3 is 2.75 bits per heavy atom. The third-order valence-corrected chi connectivity index (χ3v) is 2.26. The van der Waals surface area contributed by atoms with Crippen LogP contribution in [-0.4, -0.2) is 4.98 Å². The number of alkyl halides is 1. The maximum absolute atomic E-state index is 5.72. The maximum Gasteiger partial charge on any atom is 0.0650 e. The maximum atomic E-state index is 5.72. The molecule has 1 aromatic heterocycles. The number of aryl methyl sites for hydroxylation is 1. The first kappa shape index (κ1) is 9.27. The van der Waals surface area contributed by atoms with Crippen LogP contribution >= 0.6 is 11.6 Å². The Morgan fingerprint density at radius 2 is 2.25 bits per heavy atom. The molecule has 0 N–H and O–H groups in total. The van der Waals surface area contributed by atoms with E-state index < -0.39 is 0 Å². The average molecular weight is 182 g/mol. The summed E-state index contributed by atoms with van der Waals surface area (Å²) in [5, 5.41) is 0. The van der Waals surface area contributed by atoms with E-state index in [1.54, 1.807) is 0 Å². The zero-order valence-electron chi connectivity index (χ0n) is 7.39. The van der Waals surface area contributed by atoms with E-state index in [0.717, 1.165) is 22.4 Å². The van der Waals surface area contributed by atoms with E-state index in [4.69, 9.17) is 11.6 Å². The molecule has 0 fully saturated rings. The molecule has 64 valence electrons. The Labute approximate surface area is 78.1 Å². The summed E-state index contributed by atoms with van der Waals surface area (Å²) in [4.78, 5) is 4.23. The summed E-state index contributed by atoms with van der Waals surface area (Å²) < 4.78 is 0. The molecular formula is C10H12ClN. The highest BCUT2D eigenvalue weighted by Gasteiger charge is 2.04. The molecule has 0 saturated heterocycles. The van der Waals surface area contributed by atoms with Gasteiger partial charge in [0, 0.05) is 6.20 Å². The molecule has 0 saturated carbocycles. The highest BCUT2D eigenvalue weighted by Crippen LogP contribution is 2.17. The van der Waals surface area contributed by atoms with Crippen molar-refractivity contribution in [3.8, 4) is 0 Å². The summed E-state index contributed by atoms with van der Waals surface area (Å²) in [7, 11) is 0. The van der Waals surface area contributed by atoms with Crippen LogP contribution in [0.2, 0.25) is 0 Å². The lowest BCUT2D eigenvalue weighted by Crippen LogP contribution is -1.95. The molecule has 1 aromatic rings. The molecule has 0 atom stereocenters. The highest BCUT2D eigenvalue weighted by molar-refractivity contribution is 6.17. The Hall–Kier alpha value is -0.820. The van der Waals surface area contributed by atoms with Crippen LogP contribution in [0.1, 0.15) is 22.4 Å². The molecule has 0 amide bonds. The second-order valence-corrected chi connectivity index (χ2v) is 3.03. The third-order valence-electron chi connectivity index (χ3n) is 2.01. The molecule has 0 bridgehead atoms. The van der Waals surface area contributed by atoms with Gasteiger partial charge in [-0.2, -0.15) is 0 Å². The summed E-state index contributed by atoms with van der Waals surface area (Å²) >= 11 is 5.72. The van der Waals surface area contributed by atoms with Crippen molar-refractivity contribution >= 4 is 17.7 Å². The molecular weight excluding hydrogens is 170 g/mol. The summed E-state index contributed by atoms with van der Waals surface area (Å²) in [5.41, 5.74) is 4.38. The van der Waals surface area contributed by atoms with Gasteiger partial charge in [-0.05, 0) is 30.5 Å². The number of aromatic nitrogens is 1. The van der Waals surface area contributed by atoms with Crippen molar-refractivity contribution in [1.82, 2.24) is 4.98 Å². The summed E-state index contributed by atoms with van der Waals surface area (Å²) in [6.07, 6.45) is 3.68. The molecule has 1 rings (SSSR count). The number of hydrogen-bond acceptors (Lipinski definition) is 1. The minimum absolute atomic E-state index is 0.465. The summed E-state index contributed by atoms with van der Waals surface area (Å²) in [6.45, 7) is 7.80. The SMILES string of the molecule is C=Cc1c(C)cnc(CCl)c1C. The van der Waals surface area contributed by atoms with Crippen LogP contribution in [-0.2, 0) is 5.88 Å². The fourth-order valence-corrected chi connectivity index (χ4v) is 1.51. The Bertz CT molecular complexity index is 305. The van der Waals surface area contributed by atoms with E-state index in [2.05, 4.69) is 11.6 Å². The first-order chi connectivity index (χ1) is 5.70. The zero-order valence-corrected chi connectivity index (χ0v) is 8.15. The molecule has 0 radical (unpaired) electrons.